The minimum absolute atomic E-state index is 0.0178. The van der Waals surface area contributed by atoms with Crippen molar-refractivity contribution in [2.24, 2.45) is 0 Å². The third-order valence-electron chi connectivity index (χ3n) is 2.81. The molecule has 2 N–H and O–H groups in total. The number of nitrogens with zero attached hydrogens (tertiary/aromatic N) is 2. The maximum absolute atomic E-state index is 12.1. The van der Waals surface area contributed by atoms with Crippen molar-refractivity contribution >= 4 is 40.8 Å². The molecule has 0 radical (unpaired) electrons. The molecule has 0 aliphatic carbocycles. The van der Waals surface area contributed by atoms with Gasteiger partial charge < -0.3 is 10.4 Å². The van der Waals surface area contributed by atoms with Crippen LogP contribution in [0, 0.1) is 0 Å². The number of nitrogens with one attached hydrogen (secondary N) is 1. The summed E-state index contributed by atoms with van der Waals surface area (Å²) in [6.07, 6.45) is 2.48. The highest BCUT2D eigenvalue weighted by molar-refractivity contribution is 6.42. The predicted molar refractivity (Wildman–Crippen MR) is 79.0 cm³/mol. The van der Waals surface area contributed by atoms with Crippen LogP contribution in [-0.4, -0.2) is 26.8 Å². The standard InChI is InChI=1S/C13H11Cl2N3O3/c1-7(18-6-8(5-16-18)13(20)21)12(19)17-9-2-3-10(14)11(15)4-9/h2-7H,1H3,(H,17,19)(H,20,21). The molecule has 21 heavy (non-hydrogen) atoms. The third kappa shape index (κ3) is 3.53. The lowest BCUT2D eigenvalue weighted by Gasteiger charge is -2.13. The zero-order valence-corrected chi connectivity index (χ0v) is 12.4. The fraction of sp³-hybridized carbons (Fsp3) is 0.154. The largest absolute Gasteiger partial charge is 0.478 e. The molecule has 0 fully saturated rings. The molecule has 0 spiro atoms. The van der Waals surface area contributed by atoms with Crippen molar-refractivity contribution in [3.8, 4) is 0 Å². The van der Waals surface area contributed by atoms with E-state index >= 15 is 0 Å². The van der Waals surface area contributed by atoms with Gasteiger partial charge in [0.25, 0.3) is 0 Å². The van der Waals surface area contributed by atoms with Crippen LogP contribution >= 0.6 is 23.2 Å². The summed E-state index contributed by atoms with van der Waals surface area (Å²) in [7, 11) is 0. The minimum atomic E-state index is -1.10. The Balaban J connectivity index is 2.11. The molecule has 1 aromatic heterocycles. The van der Waals surface area contributed by atoms with Crippen molar-refractivity contribution in [3.05, 3.63) is 46.2 Å². The van der Waals surface area contributed by atoms with E-state index in [-0.39, 0.29) is 11.5 Å². The van der Waals surface area contributed by atoms with E-state index in [9.17, 15) is 9.59 Å². The van der Waals surface area contributed by atoms with Gasteiger partial charge in [0.2, 0.25) is 5.91 Å². The smallest absolute Gasteiger partial charge is 0.338 e. The topological polar surface area (TPSA) is 84.2 Å². The number of aromatic nitrogens is 2. The number of anilines is 1. The molecule has 1 aromatic carbocycles. The summed E-state index contributed by atoms with van der Waals surface area (Å²) in [6.45, 7) is 1.60. The number of hydrogen-bond acceptors (Lipinski definition) is 3. The SMILES string of the molecule is CC(C(=O)Nc1ccc(Cl)c(Cl)c1)n1cc(C(=O)O)cn1. The number of carbonyl (C=O) groups is 2. The normalized spacial score (nSPS) is 12.0. The Morgan fingerprint density at radius 2 is 2.05 bits per heavy atom. The van der Waals surface area contributed by atoms with Crippen LogP contribution in [0.15, 0.2) is 30.6 Å². The third-order valence-corrected chi connectivity index (χ3v) is 3.55. The number of amides is 1. The summed E-state index contributed by atoms with van der Waals surface area (Å²) in [5, 5.41) is 16.1. The maximum Gasteiger partial charge on any atom is 0.338 e. The van der Waals surface area contributed by atoms with Gasteiger partial charge in [-0.25, -0.2) is 4.79 Å². The molecule has 0 saturated heterocycles. The van der Waals surface area contributed by atoms with E-state index in [1.165, 1.54) is 23.1 Å². The second-order valence-electron chi connectivity index (χ2n) is 4.31. The van der Waals surface area contributed by atoms with Gasteiger partial charge in [-0.1, -0.05) is 23.2 Å². The number of carbonyl (C=O) groups excluding carboxylic acids is 1. The first-order chi connectivity index (χ1) is 9.88. The monoisotopic (exact) mass is 327 g/mol. The van der Waals surface area contributed by atoms with E-state index in [1.807, 2.05) is 0 Å². The van der Waals surface area contributed by atoms with Crippen molar-refractivity contribution in [2.75, 3.05) is 5.32 Å². The minimum Gasteiger partial charge on any atom is -0.478 e. The summed E-state index contributed by atoms with van der Waals surface area (Å²) >= 11 is 11.7. The van der Waals surface area contributed by atoms with Crippen LogP contribution in [0.5, 0.6) is 0 Å². The molecule has 0 aliphatic heterocycles. The number of rotatable bonds is 4. The van der Waals surface area contributed by atoms with E-state index in [1.54, 1.807) is 19.1 Å². The second kappa shape index (κ2) is 6.15. The van der Waals surface area contributed by atoms with Gasteiger partial charge in [0.1, 0.15) is 6.04 Å². The van der Waals surface area contributed by atoms with Crippen LogP contribution in [0.2, 0.25) is 10.0 Å². The first-order valence-corrected chi connectivity index (χ1v) is 6.67. The Kier molecular flexibility index (Phi) is 4.50. The van der Waals surface area contributed by atoms with E-state index in [0.29, 0.717) is 15.7 Å². The average Bonchev–Trinajstić information content (AvgIpc) is 2.92. The van der Waals surface area contributed by atoms with E-state index in [2.05, 4.69) is 10.4 Å². The molecule has 2 aromatic rings. The molecule has 8 heteroatoms. The quantitative estimate of drug-likeness (QED) is 0.903. The summed E-state index contributed by atoms with van der Waals surface area (Å²) in [6, 6.07) is 4.04. The molecule has 1 heterocycles. The Labute approximate surface area is 130 Å². The molecular formula is C13H11Cl2N3O3. The van der Waals surface area contributed by atoms with E-state index in [4.69, 9.17) is 28.3 Å². The lowest BCUT2D eigenvalue weighted by Crippen LogP contribution is -2.24. The Morgan fingerprint density at radius 1 is 1.33 bits per heavy atom. The summed E-state index contributed by atoms with van der Waals surface area (Å²) < 4.78 is 1.27. The van der Waals surface area contributed by atoms with Crippen LogP contribution in [0.3, 0.4) is 0 Å². The highest BCUT2D eigenvalue weighted by Crippen LogP contribution is 2.25. The summed E-state index contributed by atoms with van der Waals surface area (Å²) in [4.78, 5) is 22.9. The molecule has 0 aliphatic rings. The average molecular weight is 328 g/mol. The first-order valence-electron chi connectivity index (χ1n) is 5.92. The molecule has 1 amide bonds. The highest BCUT2D eigenvalue weighted by Gasteiger charge is 2.18. The van der Waals surface area contributed by atoms with Crippen LogP contribution in [0.1, 0.15) is 23.3 Å². The number of halogens is 2. The van der Waals surface area contributed by atoms with Crippen LogP contribution < -0.4 is 5.32 Å². The fourth-order valence-electron chi connectivity index (χ4n) is 1.60. The lowest BCUT2D eigenvalue weighted by atomic mass is 10.2. The van der Waals surface area contributed by atoms with Crippen LogP contribution in [0.4, 0.5) is 5.69 Å². The number of carboxylic acids is 1. The molecule has 6 nitrogen and oxygen atoms in total. The van der Waals surface area contributed by atoms with Gasteiger partial charge in [0.05, 0.1) is 21.8 Å². The van der Waals surface area contributed by atoms with Gasteiger partial charge in [-0.05, 0) is 25.1 Å². The molecular weight excluding hydrogens is 317 g/mol. The first kappa shape index (κ1) is 15.3. The van der Waals surface area contributed by atoms with E-state index < -0.39 is 12.0 Å². The maximum atomic E-state index is 12.1. The fourth-order valence-corrected chi connectivity index (χ4v) is 1.90. The van der Waals surface area contributed by atoms with Crippen molar-refractivity contribution in [2.45, 2.75) is 13.0 Å². The molecule has 1 atom stereocenters. The van der Waals surface area contributed by atoms with Crippen LogP contribution in [0.25, 0.3) is 0 Å². The molecule has 1 unspecified atom stereocenters. The number of aromatic carboxylic acids is 1. The van der Waals surface area contributed by atoms with Crippen molar-refractivity contribution in [1.29, 1.82) is 0 Å². The number of carboxylic acid groups (broad SMARTS) is 1. The highest BCUT2D eigenvalue weighted by atomic mass is 35.5. The number of hydrogen-bond donors (Lipinski definition) is 2. The van der Waals surface area contributed by atoms with Crippen molar-refractivity contribution < 1.29 is 14.7 Å². The van der Waals surface area contributed by atoms with Crippen molar-refractivity contribution in [1.82, 2.24) is 9.78 Å². The van der Waals surface area contributed by atoms with Gasteiger partial charge in [0, 0.05) is 11.9 Å². The van der Waals surface area contributed by atoms with Gasteiger partial charge in [-0.3, -0.25) is 9.48 Å². The van der Waals surface area contributed by atoms with E-state index in [0.717, 1.165) is 0 Å². The Hall–Kier alpha value is -2.05. The van der Waals surface area contributed by atoms with Crippen molar-refractivity contribution in [3.63, 3.8) is 0 Å². The summed E-state index contributed by atoms with van der Waals surface area (Å²) in [5.74, 6) is -1.45. The zero-order valence-electron chi connectivity index (χ0n) is 10.9. The lowest BCUT2D eigenvalue weighted by molar-refractivity contribution is -0.119. The zero-order chi connectivity index (χ0) is 15.6. The Bertz CT molecular complexity index is 700. The Morgan fingerprint density at radius 3 is 2.62 bits per heavy atom. The van der Waals surface area contributed by atoms with Gasteiger partial charge in [-0.15, -0.1) is 0 Å². The van der Waals surface area contributed by atoms with Gasteiger partial charge >= 0.3 is 5.97 Å². The predicted octanol–water partition coefficient (Wildman–Crippen LogP) is 3.09. The molecule has 110 valence electrons. The second-order valence-corrected chi connectivity index (χ2v) is 5.12. The van der Waals surface area contributed by atoms with Gasteiger partial charge in [-0.2, -0.15) is 5.10 Å². The number of benzene rings is 1. The molecule has 0 saturated carbocycles. The van der Waals surface area contributed by atoms with Gasteiger partial charge in [0.15, 0.2) is 0 Å². The van der Waals surface area contributed by atoms with Crippen LogP contribution in [-0.2, 0) is 4.79 Å². The molecule has 2 rings (SSSR count). The molecule has 0 bridgehead atoms. The summed E-state index contributed by atoms with van der Waals surface area (Å²) in [5.41, 5.74) is 0.510.